The van der Waals surface area contributed by atoms with Gasteiger partial charge < -0.3 is 4.74 Å². The lowest BCUT2D eigenvalue weighted by Crippen LogP contribution is -1.86. The molecule has 2 heteroatoms. The second-order valence-electron chi connectivity index (χ2n) is 3.01. The number of hydrogen-bond donors (Lipinski definition) is 0. The zero-order chi connectivity index (χ0) is 9.26. The van der Waals surface area contributed by atoms with Crippen LogP contribution in [0.3, 0.4) is 0 Å². The molecule has 0 radical (unpaired) electrons. The number of aryl methyl sites for hydroxylation is 1. The predicted molar refractivity (Wildman–Crippen MR) is 53.0 cm³/mol. The Morgan fingerprint density at radius 2 is 2.15 bits per heavy atom. The monoisotopic (exact) mass is 173 g/mol. The summed E-state index contributed by atoms with van der Waals surface area (Å²) in [5.41, 5.74) is 2.18. The maximum atomic E-state index is 5.16. The number of hydrogen-bond acceptors (Lipinski definition) is 2. The second kappa shape index (κ2) is 3.05. The van der Waals surface area contributed by atoms with Crippen molar-refractivity contribution in [2.24, 2.45) is 0 Å². The van der Waals surface area contributed by atoms with E-state index in [1.165, 1.54) is 10.9 Å². The van der Waals surface area contributed by atoms with E-state index in [1.54, 1.807) is 13.3 Å². The SMILES string of the molecule is COc1cc(C)c2cccnc2c1. The van der Waals surface area contributed by atoms with Gasteiger partial charge in [0.05, 0.1) is 12.6 Å². The Hall–Kier alpha value is -1.57. The summed E-state index contributed by atoms with van der Waals surface area (Å²) in [4.78, 5) is 4.27. The van der Waals surface area contributed by atoms with E-state index < -0.39 is 0 Å². The largest absolute Gasteiger partial charge is 0.497 e. The molecule has 0 saturated heterocycles. The molecule has 0 saturated carbocycles. The van der Waals surface area contributed by atoms with Gasteiger partial charge in [-0.3, -0.25) is 4.98 Å². The quantitative estimate of drug-likeness (QED) is 0.661. The van der Waals surface area contributed by atoms with Crippen molar-refractivity contribution in [1.29, 1.82) is 0 Å². The topological polar surface area (TPSA) is 22.1 Å². The molecule has 2 aromatic rings. The third kappa shape index (κ3) is 1.35. The van der Waals surface area contributed by atoms with Gasteiger partial charge >= 0.3 is 0 Å². The lowest BCUT2D eigenvalue weighted by molar-refractivity contribution is 0.415. The Balaban J connectivity index is 2.77. The first-order chi connectivity index (χ1) is 6.31. The summed E-state index contributed by atoms with van der Waals surface area (Å²) in [7, 11) is 1.67. The molecule has 13 heavy (non-hydrogen) atoms. The van der Waals surface area contributed by atoms with E-state index in [0.717, 1.165) is 11.3 Å². The van der Waals surface area contributed by atoms with Crippen LogP contribution in [0.25, 0.3) is 10.9 Å². The zero-order valence-corrected chi connectivity index (χ0v) is 7.74. The van der Waals surface area contributed by atoms with E-state index in [2.05, 4.69) is 18.0 Å². The van der Waals surface area contributed by atoms with Crippen LogP contribution >= 0.6 is 0 Å². The fourth-order valence-electron chi connectivity index (χ4n) is 1.45. The standard InChI is InChI=1S/C11H11NO/c1-8-6-9(13-2)7-11-10(8)4-3-5-12-11/h3-7H,1-2H3. The average molecular weight is 173 g/mol. The third-order valence-electron chi connectivity index (χ3n) is 2.14. The average Bonchev–Trinajstić information content (AvgIpc) is 2.18. The second-order valence-corrected chi connectivity index (χ2v) is 3.01. The van der Waals surface area contributed by atoms with Crippen molar-refractivity contribution in [1.82, 2.24) is 4.98 Å². The first-order valence-electron chi connectivity index (χ1n) is 4.20. The first-order valence-corrected chi connectivity index (χ1v) is 4.20. The van der Waals surface area contributed by atoms with E-state index in [-0.39, 0.29) is 0 Å². The molecule has 1 heterocycles. The molecule has 2 nitrogen and oxygen atoms in total. The van der Waals surface area contributed by atoms with Crippen molar-refractivity contribution in [3.63, 3.8) is 0 Å². The summed E-state index contributed by atoms with van der Waals surface area (Å²) in [6.45, 7) is 2.06. The van der Waals surface area contributed by atoms with Crippen molar-refractivity contribution in [2.75, 3.05) is 7.11 Å². The third-order valence-corrected chi connectivity index (χ3v) is 2.14. The number of pyridine rings is 1. The number of aromatic nitrogens is 1. The van der Waals surface area contributed by atoms with Crippen LogP contribution in [0.2, 0.25) is 0 Å². The van der Waals surface area contributed by atoms with Gasteiger partial charge in [0, 0.05) is 17.6 Å². The highest BCUT2D eigenvalue weighted by Crippen LogP contribution is 2.22. The van der Waals surface area contributed by atoms with E-state index in [9.17, 15) is 0 Å². The van der Waals surface area contributed by atoms with Crippen LogP contribution in [-0.2, 0) is 0 Å². The highest BCUT2D eigenvalue weighted by molar-refractivity contribution is 5.83. The van der Waals surface area contributed by atoms with Crippen LogP contribution < -0.4 is 4.74 Å². The van der Waals surface area contributed by atoms with Crippen LogP contribution in [-0.4, -0.2) is 12.1 Å². The molecule has 1 aromatic carbocycles. The Bertz CT molecular complexity index is 437. The van der Waals surface area contributed by atoms with E-state index >= 15 is 0 Å². The van der Waals surface area contributed by atoms with Gasteiger partial charge in [-0.1, -0.05) is 6.07 Å². The highest BCUT2D eigenvalue weighted by atomic mass is 16.5. The molecule has 1 aromatic heterocycles. The van der Waals surface area contributed by atoms with E-state index in [4.69, 9.17) is 4.74 Å². The molecule has 0 spiro atoms. The van der Waals surface area contributed by atoms with Gasteiger partial charge in [0.1, 0.15) is 5.75 Å². The Labute approximate surface area is 77.2 Å². The number of nitrogens with zero attached hydrogens (tertiary/aromatic N) is 1. The molecule has 0 aliphatic carbocycles. The predicted octanol–water partition coefficient (Wildman–Crippen LogP) is 2.55. The lowest BCUT2D eigenvalue weighted by atomic mass is 10.1. The summed E-state index contributed by atoms with van der Waals surface area (Å²) in [5, 5.41) is 1.18. The van der Waals surface area contributed by atoms with Gasteiger partial charge in [0.15, 0.2) is 0 Å². The molecule has 0 aliphatic heterocycles. The van der Waals surface area contributed by atoms with Crippen molar-refractivity contribution in [3.8, 4) is 5.75 Å². The van der Waals surface area contributed by atoms with E-state index in [1.807, 2.05) is 18.2 Å². The van der Waals surface area contributed by atoms with Crippen LogP contribution in [0.15, 0.2) is 30.5 Å². The number of methoxy groups -OCH3 is 1. The van der Waals surface area contributed by atoms with Gasteiger partial charge in [-0.25, -0.2) is 0 Å². The minimum absolute atomic E-state index is 0.865. The van der Waals surface area contributed by atoms with Crippen LogP contribution in [0.4, 0.5) is 0 Å². The smallest absolute Gasteiger partial charge is 0.121 e. The fraction of sp³-hybridized carbons (Fsp3) is 0.182. The molecule has 0 atom stereocenters. The minimum atomic E-state index is 0.865. The molecule has 0 N–H and O–H groups in total. The zero-order valence-electron chi connectivity index (χ0n) is 7.74. The fourth-order valence-corrected chi connectivity index (χ4v) is 1.45. The maximum Gasteiger partial charge on any atom is 0.121 e. The van der Waals surface area contributed by atoms with Crippen molar-refractivity contribution in [3.05, 3.63) is 36.0 Å². The van der Waals surface area contributed by atoms with Crippen molar-refractivity contribution in [2.45, 2.75) is 6.92 Å². The molecule has 0 bridgehead atoms. The van der Waals surface area contributed by atoms with Gasteiger partial charge in [0.2, 0.25) is 0 Å². The van der Waals surface area contributed by atoms with Crippen LogP contribution in [0.1, 0.15) is 5.56 Å². The first kappa shape index (κ1) is 8.05. The summed E-state index contributed by atoms with van der Waals surface area (Å²) in [5.74, 6) is 0.865. The molecule has 0 aliphatic rings. The molecular formula is C11H11NO. The molecule has 0 amide bonds. The molecule has 66 valence electrons. The van der Waals surface area contributed by atoms with E-state index in [0.29, 0.717) is 0 Å². The summed E-state index contributed by atoms with van der Waals surface area (Å²) >= 11 is 0. The maximum absolute atomic E-state index is 5.16. The molecule has 0 fully saturated rings. The van der Waals surface area contributed by atoms with Gasteiger partial charge in [0.25, 0.3) is 0 Å². The Morgan fingerprint density at radius 3 is 2.92 bits per heavy atom. The summed E-state index contributed by atoms with van der Waals surface area (Å²) in [6.07, 6.45) is 1.79. The van der Waals surface area contributed by atoms with Crippen molar-refractivity contribution >= 4 is 10.9 Å². The number of benzene rings is 1. The highest BCUT2D eigenvalue weighted by Gasteiger charge is 2.00. The van der Waals surface area contributed by atoms with Crippen LogP contribution in [0.5, 0.6) is 5.75 Å². The van der Waals surface area contributed by atoms with Crippen LogP contribution in [0, 0.1) is 6.92 Å². The molecule has 2 rings (SSSR count). The Morgan fingerprint density at radius 1 is 1.31 bits per heavy atom. The minimum Gasteiger partial charge on any atom is -0.497 e. The van der Waals surface area contributed by atoms with Gasteiger partial charge in [-0.15, -0.1) is 0 Å². The number of ether oxygens (including phenoxy) is 1. The normalized spacial score (nSPS) is 10.3. The van der Waals surface area contributed by atoms with Gasteiger partial charge in [-0.05, 0) is 24.6 Å². The van der Waals surface area contributed by atoms with Crippen molar-refractivity contribution < 1.29 is 4.74 Å². The Kier molecular flexibility index (Phi) is 1.89. The molecular weight excluding hydrogens is 162 g/mol. The number of rotatable bonds is 1. The van der Waals surface area contributed by atoms with Gasteiger partial charge in [-0.2, -0.15) is 0 Å². The lowest BCUT2D eigenvalue weighted by Gasteiger charge is -2.04. The summed E-state index contributed by atoms with van der Waals surface area (Å²) in [6, 6.07) is 7.98. The number of fused-ring (bicyclic) bond motifs is 1. The summed E-state index contributed by atoms with van der Waals surface area (Å²) < 4.78 is 5.16. The molecule has 0 unspecified atom stereocenters.